The van der Waals surface area contributed by atoms with Gasteiger partial charge < -0.3 is 10.5 Å². The molecule has 0 atom stereocenters. The quantitative estimate of drug-likeness (QED) is 0.659. The monoisotopic (exact) mass is 199 g/mol. The highest BCUT2D eigenvalue weighted by molar-refractivity contribution is 5.78. The third kappa shape index (κ3) is 4.72. The summed E-state index contributed by atoms with van der Waals surface area (Å²) < 4.78 is 5.25. The topological polar surface area (TPSA) is 52.3 Å². The molecule has 3 nitrogen and oxygen atoms in total. The van der Waals surface area contributed by atoms with E-state index in [1.807, 2.05) is 0 Å². The summed E-state index contributed by atoms with van der Waals surface area (Å²) in [6.07, 6.45) is 5.52. The molecule has 82 valence electrons. The minimum Gasteiger partial charge on any atom is -0.381 e. The van der Waals surface area contributed by atoms with Crippen molar-refractivity contribution in [1.29, 1.82) is 0 Å². The minimum atomic E-state index is 0.408. The largest absolute Gasteiger partial charge is 0.381 e. The van der Waals surface area contributed by atoms with Gasteiger partial charge in [0.25, 0.3) is 0 Å². The molecule has 0 bridgehead atoms. The fourth-order valence-electron chi connectivity index (χ4n) is 1.84. The van der Waals surface area contributed by atoms with E-state index in [0.29, 0.717) is 24.7 Å². The van der Waals surface area contributed by atoms with Crippen LogP contribution in [0.5, 0.6) is 0 Å². The summed E-state index contributed by atoms with van der Waals surface area (Å²) >= 11 is 0. The van der Waals surface area contributed by atoms with E-state index in [0.717, 1.165) is 45.3 Å². The standard InChI is InChI=1S/C11H21NO2/c12-6-2-1-3-11(13)9-10-4-7-14-8-5-10/h10H,1-9,12H2. The first-order chi connectivity index (χ1) is 6.83. The van der Waals surface area contributed by atoms with Crippen LogP contribution in [0.2, 0.25) is 0 Å². The summed E-state index contributed by atoms with van der Waals surface area (Å²) in [5, 5.41) is 0. The highest BCUT2D eigenvalue weighted by Crippen LogP contribution is 2.19. The molecular weight excluding hydrogens is 178 g/mol. The summed E-state index contributed by atoms with van der Waals surface area (Å²) in [5.74, 6) is 0.986. The van der Waals surface area contributed by atoms with E-state index in [1.54, 1.807) is 0 Å². The van der Waals surface area contributed by atoms with Crippen LogP contribution in [0.15, 0.2) is 0 Å². The smallest absolute Gasteiger partial charge is 0.133 e. The maximum absolute atomic E-state index is 11.5. The van der Waals surface area contributed by atoms with Gasteiger partial charge in [0, 0.05) is 26.1 Å². The third-order valence-electron chi connectivity index (χ3n) is 2.77. The van der Waals surface area contributed by atoms with Crippen LogP contribution in [0.4, 0.5) is 0 Å². The Balaban J connectivity index is 2.06. The normalized spacial score (nSPS) is 18.4. The van der Waals surface area contributed by atoms with Gasteiger partial charge in [-0.05, 0) is 38.1 Å². The van der Waals surface area contributed by atoms with Crippen LogP contribution in [0.25, 0.3) is 0 Å². The molecule has 0 aromatic rings. The Morgan fingerprint density at radius 2 is 2.00 bits per heavy atom. The SMILES string of the molecule is NCCCCC(=O)CC1CCOCC1. The molecule has 3 heteroatoms. The third-order valence-corrected chi connectivity index (χ3v) is 2.77. The molecule has 0 spiro atoms. The highest BCUT2D eigenvalue weighted by atomic mass is 16.5. The van der Waals surface area contributed by atoms with Crippen LogP contribution in [0.3, 0.4) is 0 Å². The molecule has 1 saturated heterocycles. The van der Waals surface area contributed by atoms with Gasteiger partial charge in [0.15, 0.2) is 0 Å². The van der Waals surface area contributed by atoms with Crippen molar-refractivity contribution in [3.05, 3.63) is 0 Å². The zero-order valence-corrected chi connectivity index (χ0v) is 8.84. The lowest BCUT2D eigenvalue weighted by molar-refractivity contribution is -0.120. The summed E-state index contributed by atoms with van der Waals surface area (Å²) in [7, 11) is 0. The number of rotatable bonds is 6. The molecule has 0 saturated carbocycles. The fourth-order valence-corrected chi connectivity index (χ4v) is 1.84. The average molecular weight is 199 g/mol. The Labute approximate surface area is 86.0 Å². The maximum atomic E-state index is 11.5. The maximum Gasteiger partial charge on any atom is 0.133 e. The van der Waals surface area contributed by atoms with E-state index in [9.17, 15) is 4.79 Å². The predicted molar refractivity (Wildman–Crippen MR) is 56.1 cm³/mol. The first kappa shape index (κ1) is 11.7. The Kier molecular flexibility index (Phi) is 5.80. The number of carbonyl (C=O) groups is 1. The molecule has 2 N–H and O–H groups in total. The highest BCUT2D eigenvalue weighted by Gasteiger charge is 2.16. The van der Waals surface area contributed by atoms with Gasteiger partial charge in [-0.3, -0.25) is 4.79 Å². The van der Waals surface area contributed by atoms with Crippen molar-refractivity contribution in [2.45, 2.75) is 38.5 Å². The van der Waals surface area contributed by atoms with Crippen LogP contribution in [0, 0.1) is 5.92 Å². The number of unbranched alkanes of at least 4 members (excludes halogenated alkanes) is 1. The number of ketones is 1. The number of Topliss-reactive ketones (excluding diaryl/α,β-unsaturated/α-hetero) is 1. The Hall–Kier alpha value is -0.410. The van der Waals surface area contributed by atoms with Crippen LogP contribution >= 0.6 is 0 Å². The van der Waals surface area contributed by atoms with Gasteiger partial charge in [0.05, 0.1) is 0 Å². The van der Waals surface area contributed by atoms with Gasteiger partial charge in [-0.15, -0.1) is 0 Å². The number of hydrogen-bond acceptors (Lipinski definition) is 3. The van der Waals surface area contributed by atoms with E-state index in [4.69, 9.17) is 10.5 Å². The lowest BCUT2D eigenvalue weighted by Crippen LogP contribution is -2.18. The molecular formula is C11H21NO2. The lowest BCUT2D eigenvalue weighted by Gasteiger charge is -2.21. The van der Waals surface area contributed by atoms with Crippen molar-refractivity contribution in [3.8, 4) is 0 Å². The first-order valence-corrected chi connectivity index (χ1v) is 5.62. The number of nitrogens with two attached hydrogens (primary N) is 1. The van der Waals surface area contributed by atoms with Crippen LogP contribution in [-0.2, 0) is 9.53 Å². The van der Waals surface area contributed by atoms with Crippen LogP contribution in [0.1, 0.15) is 38.5 Å². The molecule has 1 aliphatic rings. The molecule has 0 unspecified atom stereocenters. The summed E-state index contributed by atoms with van der Waals surface area (Å²) in [6, 6.07) is 0. The lowest BCUT2D eigenvalue weighted by atomic mass is 9.93. The Bertz CT molecular complexity index is 165. The number of hydrogen-bond donors (Lipinski definition) is 1. The van der Waals surface area contributed by atoms with Crippen molar-refractivity contribution in [1.82, 2.24) is 0 Å². The predicted octanol–water partition coefficient (Wildman–Crippen LogP) is 1.50. The van der Waals surface area contributed by atoms with E-state index in [2.05, 4.69) is 0 Å². The van der Waals surface area contributed by atoms with Gasteiger partial charge in [-0.2, -0.15) is 0 Å². The second kappa shape index (κ2) is 6.96. The van der Waals surface area contributed by atoms with Gasteiger partial charge in [0.1, 0.15) is 5.78 Å². The molecule has 0 aromatic heterocycles. The van der Waals surface area contributed by atoms with Crippen molar-refractivity contribution < 1.29 is 9.53 Å². The second-order valence-corrected chi connectivity index (χ2v) is 4.04. The summed E-state index contributed by atoms with van der Waals surface area (Å²) in [6.45, 7) is 2.37. The minimum absolute atomic E-state index is 0.408. The molecule has 0 aromatic carbocycles. The molecule has 1 rings (SSSR count). The first-order valence-electron chi connectivity index (χ1n) is 5.62. The molecule has 0 amide bonds. The van der Waals surface area contributed by atoms with Crippen LogP contribution < -0.4 is 5.73 Å². The van der Waals surface area contributed by atoms with Crippen molar-refractivity contribution in [3.63, 3.8) is 0 Å². The second-order valence-electron chi connectivity index (χ2n) is 4.04. The number of ether oxygens (including phenoxy) is 1. The fraction of sp³-hybridized carbons (Fsp3) is 0.909. The molecule has 1 heterocycles. The zero-order chi connectivity index (χ0) is 10.2. The van der Waals surface area contributed by atoms with Gasteiger partial charge >= 0.3 is 0 Å². The molecule has 0 aliphatic carbocycles. The Morgan fingerprint density at radius 3 is 2.64 bits per heavy atom. The van der Waals surface area contributed by atoms with E-state index < -0.39 is 0 Å². The van der Waals surface area contributed by atoms with Crippen LogP contribution in [-0.4, -0.2) is 25.5 Å². The van der Waals surface area contributed by atoms with E-state index in [-0.39, 0.29) is 0 Å². The summed E-state index contributed by atoms with van der Waals surface area (Å²) in [4.78, 5) is 11.5. The van der Waals surface area contributed by atoms with Crippen molar-refractivity contribution >= 4 is 5.78 Å². The van der Waals surface area contributed by atoms with Gasteiger partial charge in [-0.25, -0.2) is 0 Å². The molecule has 0 radical (unpaired) electrons. The van der Waals surface area contributed by atoms with Crippen molar-refractivity contribution in [2.75, 3.05) is 19.8 Å². The zero-order valence-electron chi connectivity index (χ0n) is 8.84. The number of carbonyl (C=O) groups excluding carboxylic acids is 1. The van der Waals surface area contributed by atoms with Crippen molar-refractivity contribution in [2.24, 2.45) is 11.7 Å². The van der Waals surface area contributed by atoms with E-state index >= 15 is 0 Å². The van der Waals surface area contributed by atoms with Gasteiger partial charge in [-0.1, -0.05) is 0 Å². The molecule has 1 fully saturated rings. The molecule has 1 aliphatic heterocycles. The average Bonchev–Trinajstić information content (AvgIpc) is 2.20. The van der Waals surface area contributed by atoms with E-state index in [1.165, 1.54) is 0 Å². The summed E-state index contributed by atoms with van der Waals surface area (Å²) in [5.41, 5.74) is 5.37. The Morgan fingerprint density at radius 1 is 1.29 bits per heavy atom. The molecule has 14 heavy (non-hydrogen) atoms. The van der Waals surface area contributed by atoms with Gasteiger partial charge in [0.2, 0.25) is 0 Å².